The maximum atomic E-state index is 4.30. The summed E-state index contributed by atoms with van der Waals surface area (Å²) in [6.07, 6.45) is 6.90. The highest BCUT2D eigenvalue weighted by Crippen LogP contribution is 2.28. The molecule has 1 atom stereocenters. The van der Waals surface area contributed by atoms with Crippen molar-refractivity contribution in [2.45, 2.75) is 32.6 Å². The molecule has 1 aromatic rings. The Balaban J connectivity index is 1.69. The van der Waals surface area contributed by atoms with Crippen molar-refractivity contribution in [3.63, 3.8) is 0 Å². The number of rotatable bonds is 6. The van der Waals surface area contributed by atoms with Gasteiger partial charge in [0.2, 0.25) is 0 Å². The first-order chi connectivity index (χ1) is 8.35. The summed E-state index contributed by atoms with van der Waals surface area (Å²) in [4.78, 5) is 4.30. The molecule has 0 radical (unpaired) electrons. The monoisotopic (exact) mass is 253 g/mol. The number of aromatic nitrogens is 1. The molecule has 17 heavy (non-hydrogen) atoms. The van der Waals surface area contributed by atoms with Crippen molar-refractivity contribution < 1.29 is 0 Å². The Morgan fingerprint density at radius 1 is 1.59 bits per heavy atom. The third-order valence-corrected chi connectivity index (χ3v) is 4.65. The van der Waals surface area contributed by atoms with Crippen molar-refractivity contribution >= 4 is 11.3 Å². The Morgan fingerprint density at radius 2 is 2.53 bits per heavy atom. The zero-order valence-electron chi connectivity index (χ0n) is 10.7. The molecular formula is C13H23N3S. The van der Waals surface area contributed by atoms with E-state index in [0.29, 0.717) is 5.41 Å². The summed E-state index contributed by atoms with van der Waals surface area (Å²) in [5.41, 5.74) is 0.487. The Hall–Kier alpha value is -0.450. The molecule has 0 saturated carbocycles. The lowest BCUT2D eigenvalue weighted by Gasteiger charge is -2.37. The summed E-state index contributed by atoms with van der Waals surface area (Å²) in [7, 11) is 0. The SMILES string of the molecule is CCC1(CNCCc2nccs2)CCCNC1. The minimum absolute atomic E-state index is 0.487. The lowest BCUT2D eigenvalue weighted by atomic mass is 9.78. The minimum atomic E-state index is 0.487. The van der Waals surface area contributed by atoms with E-state index in [1.54, 1.807) is 11.3 Å². The molecule has 0 aromatic carbocycles. The first-order valence-electron chi connectivity index (χ1n) is 6.64. The van der Waals surface area contributed by atoms with Gasteiger partial charge in [-0.05, 0) is 31.2 Å². The number of hydrogen-bond acceptors (Lipinski definition) is 4. The Bertz CT molecular complexity index is 304. The van der Waals surface area contributed by atoms with Gasteiger partial charge in [-0.3, -0.25) is 0 Å². The van der Waals surface area contributed by atoms with Crippen LogP contribution in [0.5, 0.6) is 0 Å². The maximum Gasteiger partial charge on any atom is 0.0937 e. The van der Waals surface area contributed by atoms with Gasteiger partial charge in [0.1, 0.15) is 0 Å². The Kier molecular flexibility index (Phi) is 4.95. The van der Waals surface area contributed by atoms with Crippen molar-refractivity contribution in [3.8, 4) is 0 Å². The summed E-state index contributed by atoms with van der Waals surface area (Å²) in [6.45, 7) is 6.88. The van der Waals surface area contributed by atoms with Crippen molar-refractivity contribution in [1.82, 2.24) is 15.6 Å². The highest BCUT2D eigenvalue weighted by atomic mass is 32.1. The van der Waals surface area contributed by atoms with Crippen LogP contribution in [0, 0.1) is 5.41 Å². The summed E-state index contributed by atoms with van der Waals surface area (Å²) in [5, 5.41) is 10.4. The number of nitrogens with zero attached hydrogens (tertiary/aromatic N) is 1. The Morgan fingerprint density at radius 3 is 3.18 bits per heavy atom. The van der Waals surface area contributed by atoms with Crippen LogP contribution in [0.1, 0.15) is 31.2 Å². The van der Waals surface area contributed by atoms with Gasteiger partial charge < -0.3 is 10.6 Å². The number of hydrogen-bond donors (Lipinski definition) is 2. The second-order valence-electron chi connectivity index (χ2n) is 4.99. The number of thiazole rings is 1. The quantitative estimate of drug-likeness (QED) is 0.762. The van der Waals surface area contributed by atoms with Crippen LogP contribution in [0.15, 0.2) is 11.6 Å². The molecule has 0 aliphatic carbocycles. The van der Waals surface area contributed by atoms with Gasteiger partial charge in [-0.1, -0.05) is 6.92 Å². The van der Waals surface area contributed by atoms with Crippen molar-refractivity contribution in [1.29, 1.82) is 0 Å². The molecule has 0 amide bonds. The van der Waals surface area contributed by atoms with Crippen LogP contribution in [0.25, 0.3) is 0 Å². The van der Waals surface area contributed by atoms with Gasteiger partial charge in [-0.25, -0.2) is 4.98 Å². The lowest BCUT2D eigenvalue weighted by molar-refractivity contribution is 0.193. The molecule has 1 aliphatic rings. The highest BCUT2D eigenvalue weighted by Gasteiger charge is 2.29. The van der Waals surface area contributed by atoms with Crippen LogP contribution in [0.2, 0.25) is 0 Å². The third-order valence-electron chi connectivity index (χ3n) is 3.81. The van der Waals surface area contributed by atoms with E-state index in [-0.39, 0.29) is 0 Å². The van der Waals surface area contributed by atoms with Crippen LogP contribution < -0.4 is 10.6 Å². The van der Waals surface area contributed by atoms with Gasteiger partial charge in [0.25, 0.3) is 0 Å². The molecule has 2 rings (SSSR count). The highest BCUT2D eigenvalue weighted by molar-refractivity contribution is 7.09. The number of piperidine rings is 1. The molecule has 96 valence electrons. The fourth-order valence-corrected chi connectivity index (χ4v) is 3.15. The normalized spacial score (nSPS) is 25.0. The fraction of sp³-hybridized carbons (Fsp3) is 0.769. The van der Waals surface area contributed by atoms with Gasteiger partial charge in [0, 0.05) is 37.6 Å². The standard InChI is InChI=1S/C13H23N3S/c1-2-13(5-3-6-14-10-13)11-15-7-4-12-16-8-9-17-12/h8-9,14-15H,2-7,10-11H2,1H3. The predicted octanol–water partition coefficient (Wildman–Crippen LogP) is 2.05. The van der Waals surface area contributed by atoms with Gasteiger partial charge in [-0.2, -0.15) is 0 Å². The van der Waals surface area contributed by atoms with E-state index in [1.165, 1.54) is 37.4 Å². The van der Waals surface area contributed by atoms with Crippen molar-refractivity contribution in [3.05, 3.63) is 16.6 Å². The van der Waals surface area contributed by atoms with Gasteiger partial charge in [0.05, 0.1) is 5.01 Å². The van der Waals surface area contributed by atoms with Gasteiger partial charge in [-0.15, -0.1) is 11.3 Å². The van der Waals surface area contributed by atoms with Gasteiger partial charge in [0.15, 0.2) is 0 Å². The van der Waals surface area contributed by atoms with E-state index in [0.717, 1.165) is 19.5 Å². The molecule has 2 N–H and O–H groups in total. The second kappa shape index (κ2) is 6.47. The van der Waals surface area contributed by atoms with Crippen molar-refractivity contribution in [2.75, 3.05) is 26.2 Å². The molecule has 3 nitrogen and oxygen atoms in total. The molecule has 1 saturated heterocycles. The smallest absolute Gasteiger partial charge is 0.0937 e. The van der Waals surface area contributed by atoms with E-state index in [4.69, 9.17) is 0 Å². The molecular weight excluding hydrogens is 230 g/mol. The van der Waals surface area contributed by atoms with E-state index in [1.807, 2.05) is 11.6 Å². The first kappa shape index (κ1) is 13.0. The van der Waals surface area contributed by atoms with Crippen LogP contribution in [0.3, 0.4) is 0 Å². The maximum absolute atomic E-state index is 4.30. The second-order valence-corrected chi connectivity index (χ2v) is 5.97. The zero-order valence-corrected chi connectivity index (χ0v) is 11.5. The molecule has 1 unspecified atom stereocenters. The fourth-order valence-electron chi connectivity index (χ4n) is 2.53. The number of nitrogens with one attached hydrogen (secondary N) is 2. The third kappa shape index (κ3) is 3.76. The van der Waals surface area contributed by atoms with Crippen LogP contribution in [0.4, 0.5) is 0 Å². The van der Waals surface area contributed by atoms with Crippen LogP contribution in [-0.2, 0) is 6.42 Å². The van der Waals surface area contributed by atoms with Crippen molar-refractivity contribution in [2.24, 2.45) is 5.41 Å². The van der Waals surface area contributed by atoms with E-state index in [9.17, 15) is 0 Å². The zero-order chi connectivity index (χ0) is 12.0. The molecule has 2 heterocycles. The molecule has 0 bridgehead atoms. The summed E-state index contributed by atoms with van der Waals surface area (Å²) in [5.74, 6) is 0. The average Bonchev–Trinajstić information content (AvgIpc) is 2.89. The summed E-state index contributed by atoms with van der Waals surface area (Å²) < 4.78 is 0. The largest absolute Gasteiger partial charge is 0.316 e. The first-order valence-corrected chi connectivity index (χ1v) is 7.52. The summed E-state index contributed by atoms with van der Waals surface area (Å²) >= 11 is 1.75. The average molecular weight is 253 g/mol. The molecule has 0 spiro atoms. The lowest BCUT2D eigenvalue weighted by Crippen LogP contribution is -2.46. The van der Waals surface area contributed by atoms with E-state index in [2.05, 4.69) is 22.5 Å². The molecule has 4 heteroatoms. The predicted molar refractivity (Wildman–Crippen MR) is 73.5 cm³/mol. The topological polar surface area (TPSA) is 37.0 Å². The van der Waals surface area contributed by atoms with Crippen LogP contribution in [-0.4, -0.2) is 31.2 Å². The van der Waals surface area contributed by atoms with Gasteiger partial charge >= 0.3 is 0 Å². The van der Waals surface area contributed by atoms with Crippen LogP contribution >= 0.6 is 11.3 Å². The summed E-state index contributed by atoms with van der Waals surface area (Å²) in [6, 6.07) is 0. The molecule has 1 fully saturated rings. The van der Waals surface area contributed by atoms with E-state index < -0.39 is 0 Å². The minimum Gasteiger partial charge on any atom is -0.316 e. The molecule has 1 aromatic heterocycles. The molecule has 1 aliphatic heterocycles. The Labute approximate surface area is 108 Å². The van der Waals surface area contributed by atoms with E-state index >= 15 is 0 Å².